The van der Waals surface area contributed by atoms with E-state index in [1.54, 1.807) is 0 Å². The minimum absolute atomic E-state index is 0.375. The molecule has 0 unspecified atom stereocenters. The van der Waals surface area contributed by atoms with Crippen molar-refractivity contribution in [2.75, 3.05) is 7.11 Å². The highest BCUT2D eigenvalue weighted by molar-refractivity contribution is 6.04. The van der Waals surface area contributed by atoms with Crippen LogP contribution in [0.15, 0.2) is 96.1 Å². The molecule has 0 radical (unpaired) electrons. The lowest BCUT2D eigenvalue weighted by molar-refractivity contribution is 0.0600. The summed E-state index contributed by atoms with van der Waals surface area (Å²) in [4.78, 5) is 17.8. The van der Waals surface area contributed by atoms with Gasteiger partial charge >= 0.3 is 5.97 Å². The van der Waals surface area contributed by atoms with Crippen molar-refractivity contribution in [3.8, 4) is 11.1 Å². The average molecular weight is 571 g/mol. The Morgan fingerprint density at radius 1 is 0.930 bits per heavy atom. The fraction of sp³-hybridized carbons (Fsp3) is 0.171. The van der Waals surface area contributed by atoms with Crippen molar-refractivity contribution in [3.63, 3.8) is 0 Å². The lowest BCUT2D eigenvalue weighted by Gasteiger charge is -2.13. The molecule has 43 heavy (non-hydrogen) atoms. The predicted molar refractivity (Wildman–Crippen MR) is 172 cm³/mol. The Morgan fingerprint density at radius 2 is 1.70 bits per heavy atom. The average Bonchev–Trinajstić information content (AvgIpc) is 3.71. The first-order chi connectivity index (χ1) is 21.1. The summed E-state index contributed by atoms with van der Waals surface area (Å²) < 4.78 is 7.42. The molecule has 0 atom stereocenters. The molecule has 0 bridgehead atoms. The number of unbranched alkanes of at least 4 members (excludes halogenated alkanes) is 1. The van der Waals surface area contributed by atoms with Crippen LogP contribution in [0.3, 0.4) is 0 Å². The fourth-order valence-corrected chi connectivity index (χ4v) is 5.35. The minimum Gasteiger partial charge on any atom is -0.465 e. The lowest BCUT2D eigenvalue weighted by atomic mass is 9.98. The molecule has 0 amide bonds. The second-order valence-corrected chi connectivity index (χ2v) is 10.4. The maximum atomic E-state index is 12.8. The van der Waals surface area contributed by atoms with Gasteiger partial charge in [-0.25, -0.2) is 15.3 Å². The van der Waals surface area contributed by atoms with Crippen molar-refractivity contribution in [1.82, 2.24) is 26.0 Å². The molecule has 0 saturated heterocycles. The predicted octanol–water partition coefficient (Wildman–Crippen LogP) is 6.33. The van der Waals surface area contributed by atoms with Crippen molar-refractivity contribution in [3.05, 3.63) is 125 Å². The van der Waals surface area contributed by atoms with Crippen LogP contribution < -0.4 is 16.5 Å². The molecule has 0 aliphatic carbocycles. The third kappa shape index (κ3) is 6.05. The standard InChI is InChI=1S/C35H34N6O2/c1-3-4-14-33-36-31-22-30(35(42)43-2)27(20-15-24-10-6-5-7-11-24)21-32(31)41(33)23-25-16-18-26(19-17-25)28-12-8-9-13-29(28)34-37-39-40-38-34/h5-13,15-22,39-40H,3-4,14,23H2,1-2H3,(H,37,38). The first-order valence-electron chi connectivity index (χ1n) is 14.5. The molecule has 3 N–H and O–H groups in total. The number of aromatic nitrogens is 2. The van der Waals surface area contributed by atoms with E-state index < -0.39 is 0 Å². The van der Waals surface area contributed by atoms with E-state index in [0.717, 1.165) is 75.3 Å². The van der Waals surface area contributed by atoms with Crippen molar-refractivity contribution in [2.24, 2.45) is 5.10 Å². The molecule has 1 aliphatic heterocycles. The number of carbonyl (C=O) groups excluding carboxylic acids is 1. The molecule has 8 heteroatoms. The van der Waals surface area contributed by atoms with Crippen LogP contribution in [0.1, 0.15) is 58.2 Å². The summed E-state index contributed by atoms with van der Waals surface area (Å²) in [6.07, 6.45) is 6.95. The summed E-state index contributed by atoms with van der Waals surface area (Å²) in [5.74, 6) is 1.38. The van der Waals surface area contributed by atoms with E-state index in [4.69, 9.17) is 9.72 Å². The first kappa shape index (κ1) is 27.9. The number of amidine groups is 1. The molecule has 0 fully saturated rings. The monoisotopic (exact) mass is 570 g/mol. The summed E-state index contributed by atoms with van der Waals surface area (Å²) >= 11 is 0. The molecule has 1 aliphatic rings. The van der Waals surface area contributed by atoms with Crippen molar-refractivity contribution in [1.29, 1.82) is 0 Å². The third-order valence-electron chi connectivity index (χ3n) is 7.61. The molecule has 4 aromatic carbocycles. The lowest BCUT2D eigenvalue weighted by Crippen LogP contribution is -2.35. The number of ether oxygens (including phenoxy) is 1. The van der Waals surface area contributed by atoms with E-state index in [0.29, 0.717) is 12.1 Å². The summed E-state index contributed by atoms with van der Waals surface area (Å²) in [6, 6.07) is 30.8. The highest BCUT2D eigenvalue weighted by atomic mass is 16.5. The number of fused-ring (bicyclic) bond motifs is 1. The number of nitrogens with zero attached hydrogens (tertiary/aromatic N) is 3. The van der Waals surface area contributed by atoms with Crippen LogP contribution in [-0.4, -0.2) is 28.5 Å². The van der Waals surface area contributed by atoms with Gasteiger partial charge in [0, 0.05) is 18.5 Å². The molecule has 0 saturated carbocycles. The van der Waals surface area contributed by atoms with Gasteiger partial charge < -0.3 is 9.30 Å². The van der Waals surface area contributed by atoms with Crippen LogP contribution in [0.25, 0.3) is 34.3 Å². The number of hydrazine groups is 2. The Hall–Kier alpha value is -5.21. The number of aryl methyl sites for hydroxylation is 1. The van der Waals surface area contributed by atoms with E-state index in [1.165, 1.54) is 7.11 Å². The topological polar surface area (TPSA) is 92.6 Å². The summed E-state index contributed by atoms with van der Waals surface area (Å²) in [5, 5.41) is 4.28. The number of esters is 1. The van der Waals surface area contributed by atoms with Gasteiger partial charge in [0.2, 0.25) is 0 Å². The van der Waals surface area contributed by atoms with E-state index in [2.05, 4.69) is 69.5 Å². The third-order valence-corrected chi connectivity index (χ3v) is 7.61. The Morgan fingerprint density at radius 3 is 2.42 bits per heavy atom. The molecule has 1 aromatic heterocycles. The second kappa shape index (κ2) is 12.8. The number of nitrogens with one attached hydrogen (secondary N) is 3. The largest absolute Gasteiger partial charge is 0.465 e. The molecule has 8 nitrogen and oxygen atoms in total. The number of rotatable bonds is 10. The van der Waals surface area contributed by atoms with Gasteiger partial charge in [-0.05, 0) is 46.4 Å². The van der Waals surface area contributed by atoms with E-state index in [-0.39, 0.29) is 5.97 Å². The van der Waals surface area contributed by atoms with Crippen LogP contribution in [0.2, 0.25) is 0 Å². The number of hydrazone groups is 1. The fourth-order valence-electron chi connectivity index (χ4n) is 5.35. The van der Waals surface area contributed by atoms with E-state index >= 15 is 0 Å². The van der Waals surface area contributed by atoms with Gasteiger partial charge in [-0.1, -0.05) is 104 Å². The van der Waals surface area contributed by atoms with Gasteiger partial charge in [0.15, 0.2) is 5.84 Å². The van der Waals surface area contributed by atoms with Gasteiger partial charge in [-0.3, -0.25) is 5.43 Å². The van der Waals surface area contributed by atoms with Gasteiger partial charge in [0.25, 0.3) is 0 Å². The van der Waals surface area contributed by atoms with Gasteiger partial charge in [0.05, 0.1) is 23.7 Å². The first-order valence-corrected chi connectivity index (χ1v) is 14.5. The zero-order chi connectivity index (χ0) is 29.6. The van der Waals surface area contributed by atoms with E-state index in [1.807, 2.05) is 66.7 Å². The van der Waals surface area contributed by atoms with Crippen LogP contribution in [0, 0.1) is 0 Å². The molecule has 216 valence electrons. The van der Waals surface area contributed by atoms with E-state index in [9.17, 15) is 4.79 Å². The zero-order valence-electron chi connectivity index (χ0n) is 24.3. The Balaban J connectivity index is 1.37. The molecule has 5 aromatic rings. The number of hydrogen-bond donors (Lipinski definition) is 3. The molecule has 6 rings (SSSR count). The maximum absolute atomic E-state index is 12.8. The molecule has 2 heterocycles. The van der Waals surface area contributed by atoms with Crippen molar-refractivity contribution >= 4 is 35.0 Å². The zero-order valence-corrected chi connectivity index (χ0v) is 24.3. The number of benzene rings is 4. The number of hydrogen-bond acceptors (Lipinski definition) is 7. The SMILES string of the molecule is CCCCc1nc2cc(C(=O)OC)c(C=Cc3ccccc3)cc2n1Cc1ccc(-c2ccccc2C2=NNNN2)cc1. The normalized spacial score (nSPS) is 12.7. The van der Waals surface area contributed by atoms with Crippen LogP contribution in [0.5, 0.6) is 0 Å². The smallest absolute Gasteiger partial charge is 0.338 e. The van der Waals surface area contributed by atoms with Crippen molar-refractivity contribution in [2.45, 2.75) is 32.7 Å². The Labute approximate surface area is 251 Å². The summed E-state index contributed by atoms with van der Waals surface area (Å²) in [7, 11) is 1.41. The van der Waals surface area contributed by atoms with Gasteiger partial charge in [-0.2, -0.15) is 0 Å². The Kier molecular flexibility index (Phi) is 8.28. The van der Waals surface area contributed by atoms with Gasteiger partial charge in [0.1, 0.15) is 5.82 Å². The maximum Gasteiger partial charge on any atom is 0.338 e. The minimum atomic E-state index is -0.375. The van der Waals surface area contributed by atoms with Crippen LogP contribution >= 0.6 is 0 Å². The molecular weight excluding hydrogens is 536 g/mol. The number of carbonyl (C=O) groups is 1. The van der Waals surface area contributed by atoms with Crippen LogP contribution in [0.4, 0.5) is 0 Å². The summed E-state index contributed by atoms with van der Waals surface area (Å²) in [5.41, 5.74) is 17.1. The van der Waals surface area contributed by atoms with Crippen molar-refractivity contribution < 1.29 is 9.53 Å². The highest BCUT2D eigenvalue weighted by Crippen LogP contribution is 2.28. The summed E-state index contributed by atoms with van der Waals surface area (Å²) in [6.45, 7) is 2.85. The number of methoxy groups -OCH3 is 1. The molecule has 0 spiro atoms. The van der Waals surface area contributed by atoms with Gasteiger partial charge in [-0.15, -0.1) is 10.6 Å². The molecular formula is C35H34N6O2. The quantitative estimate of drug-likeness (QED) is 0.134. The Bertz CT molecular complexity index is 1810. The van der Waals surface area contributed by atoms with Crippen LogP contribution in [-0.2, 0) is 17.7 Å². The number of imidazole rings is 1. The highest BCUT2D eigenvalue weighted by Gasteiger charge is 2.18. The second-order valence-electron chi connectivity index (χ2n) is 10.4.